The highest BCUT2D eigenvalue weighted by molar-refractivity contribution is 5.97. The first kappa shape index (κ1) is 23.2. The van der Waals surface area contributed by atoms with E-state index in [0.29, 0.717) is 28.4 Å². The second kappa shape index (κ2) is 10.6. The van der Waals surface area contributed by atoms with E-state index in [9.17, 15) is 19.7 Å². The number of anilines is 1. The zero-order chi connectivity index (χ0) is 23.0. The van der Waals surface area contributed by atoms with Crippen LogP contribution in [0.1, 0.15) is 11.1 Å². The van der Waals surface area contributed by atoms with Gasteiger partial charge >= 0.3 is 5.97 Å². The van der Waals surface area contributed by atoms with Gasteiger partial charge in [0, 0.05) is 12.1 Å². The summed E-state index contributed by atoms with van der Waals surface area (Å²) in [6.07, 6.45) is 2.58. The summed E-state index contributed by atoms with van der Waals surface area (Å²) in [5.74, 6) is -0.245. The normalized spacial score (nSPS) is 10.5. The molecule has 0 aliphatic rings. The Balaban J connectivity index is 2.02. The maximum Gasteiger partial charge on any atom is 0.331 e. The fourth-order valence-corrected chi connectivity index (χ4v) is 2.69. The first-order valence-corrected chi connectivity index (χ1v) is 8.99. The third-order valence-corrected chi connectivity index (χ3v) is 4.16. The lowest BCUT2D eigenvalue weighted by Gasteiger charge is -2.12. The number of esters is 1. The number of nitro groups is 1. The molecule has 31 heavy (non-hydrogen) atoms. The van der Waals surface area contributed by atoms with Crippen LogP contribution in [0.4, 0.5) is 11.4 Å². The third kappa shape index (κ3) is 5.95. The number of nitro benzene ring substituents is 1. The van der Waals surface area contributed by atoms with E-state index in [0.717, 1.165) is 6.08 Å². The molecule has 0 bridgehead atoms. The van der Waals surface area contributed by atoms with Gasteiger partial charge < -0.3 is 24.3 Å². The van der Waals surface area contributed by atoms with Crippen molar-refractivity contribution in [3.05, 3.63) is 57.6 Å². The highest BCUT2D eigenvalue weighted by Gasteiger charge is 2.18. The molecule has 0 aliphatic carbocycles. The predicted octanol–water partition coefficient (Wildman–Crippen LogP) is 3.12. The van der Waals surface area contributed by atoms with Gasteiger partial charge in [0.2, 0.25) is 5.75 Å². The van der Waals surface area contributed by atoms with Crippen LogP contribution in [-0.2, 0) is 14.3 Å². The van der Waals surface area contributed by atoms with Crippen molar-refractivity contribution in [3.63, 3.8) is 0 Å². The van der Waals surface area contributed by atoms with E-state index in [2.05, 4.69) is 5.32 Å². The highest BCUT2D eigenvalue weighted by Crippen LogP contribution is 2.38. The number of ether oxygens (including phenoxy) is 4. The van der Waals surface area contributed by atoms with Crippen LogP contribution in [0.5, 0.6) is 17.2 Å². The summed E-state index contributed by atoms with van der Waals surface area (Å²) in [6, 6.07) is 7.67. The van der Waals surface area contributed by atoms with Crippen LogP contribution in [0.25, 0.3) is 6.08 Å². The lowest BCUT2D eigenvalue weighted by Crippen LogP contribution is -2.21. The van der Waals surface area contributed by atoms with Gasteiger partial charge in [-0.2, -0.15) is 0 Å². The van der Waals surface area contributed by atoms with Gasteiger partial charge in [0.15, 0.2) is 18.1 Å². The monoisotopic (exact) mass is 430 g/mol. The molecule has 0 unspecified atom stereocenters. The minimum absolute atomic E-state index is 0.0570. The molecular weight excluding hydrogens is 408 g/mol. The van der Waals surface area contributed by atoms with Crippen molar-refractivity contribution in [2.24, 2.45) is 0 Å². The molecule has 164 valence electrons. The quantitative estimate of drug-likeness (QED) is 0.278. The number of methoxy groups -OCH3 is 3. The number of amides is 1. The third-order valence-electron chi connectivity index (χ3n) is 4.16. The van der Waals surface area contributed by atoms with E-state index in [4.69, 9.17) is 18.9 Å². The number of nitrogens with zero attached hydrogens (tertiary/aromatic N) is 1. The second-order valence-corrected chi connectivity index (χ2v) is 6.17. The summed E-state index contributed by atoms with van der Waals surface area (Å²) < 4.78 is 20.6. The summed E-state index contributed by atoms with van der Waals surface area (Å²) in [5.41, 5.74) is 0.895. The Labute approximate surface area is 178 Å². The van der Waals surface area contributed by atoms with E-state index < -0.39 is 23.4 Å². The van der Waals surface area contributed by atoms with Gasteiger partial charge in [0.25, 0.3) is 11.6 Å². The molecule has 0 aromatic heterocycles. The minimum Gasteiger partial charge on any atom is -0.493 e. The van der Waals surface area contributed by atoms with Crippen LogP contribution in [0.15, 0.2) is 36.4 Å². The fourth-order valence-electron chi connectivity index (χ4n) is 2.69. The van der Waals surface area contributed by atoms with Gasteiger partial charge in [-0.25, -0.2) is 4.79 Å². The Kier molecular flexibility index (Phi) is 7.95. The number of aryl methyl sites for hydroxylation is 1. The first-order chi connectivity index (χ1) is 14.8. The van der Waals surface area contributed by atoms with Gasteiger partial charge in [0.05, 0.1) is 26.3 Å². The summed E-state index contributed by atoms with van der Waals surface area (Å²) in [5, 5.41) is 13.5. The average molecular weight is 430 g/mol. The molecular formula is C21H22N2O8. The molecule has 1 amide bonds. The number of benzene rings is 2. The molecule has 0 heterocycles. The zero-order valence-electron chi connectivity index (χ0n) is 17.5. The molecule has 0 saturated heterocycles. The van der Waals surface area contributed by atoms with Crippen molar-refractivity contribution in [1.29, 1.82) is 0 Å². The summed E-state index contributed by atoms with van der Waals surface area (Å²) in [6.45, 7) is 1.01. The molecule has 10 heteroatoms. The first-order valence-electron chi connectivity index (χ1n) is 8.99. The van der Waals surface area contributed by atoms with Crippen molar-refractivity contribution in [3.8, 4) is 17.2 Å². The van der Waals surface area contributed by atoms with E-state index in [1.165, 1.54) is 39.5 Å². The van der Waals surface area contributed by atoms with Gasteiger partial charge in [-0.3, -0.25) is 14.9 Å². The molecule has 0 fully saturated rings. The zero-order valence-corrected chi connectivity index (χ0v) is 17.5. The fraction of sp³-hybridized carbons (Fsp3) is 0.238. The molecule has 0 saturated carbocycles. The van der Waals surface area contributed by atoms with Crippen molar-refractivity contribution < 1.29 is 33.5 Å². The minimum atomic E-state index is -0.775. The predicted molar refractivity (Wildman–Crippen MR) is 113 cm³/mol. The van der Waals surface area contributed by atoms with Gasteiger partial charge in [-0.05, 0) is 36.3 Å². The second-order valence-electron chi connectivity index (χ2n) is 6.17. The van der Waals surface area contributed by atoms with Crippen LogP contribution < -0.4 is 19.5 Å². The van der Waals surface area contributed by atoms with Crippen molar-refractivity contribution in [2.45, 2.75) is 6.92 Å². The van der Waals surface area contributed by atoms with Crippen LogP contribution >= 0.6 is 0 Å². The Morgan fingerprint density at radius 1 is 1.10 bits per heavy atom. The van der Waals surface area contributed by atoms with Gasteiger partial charge in [-0.1, -0.05) is 12.1 Å². The summed E-state index contributed by atoms with van der Waals surface area (Å²) in [4.78, 5) is 34.5. The topological polar surface area (TPSA) is 126 Å². The molecule has 0 aliphatic heterocycles. The lowest BCUT2D eigenvalue weighted by atomic mass is 10.1. The Hall–Kier alpha value is -4.08. The van der Waals surface area contributed by atoms with Crippen LogP contribution in [0.3, 0.4) is 0 Å². The number of para-hydroxylation sites is 1. The number of carbonyl (C=O) groups excluding carboxylic acids is 2. The van der Waals surface area contributed by atoms with Crippen molar-refractivity contribution in [2.75, 3.05) is 33.3 Å². The SMILES string of the molecule is COc1cc(/C=C/C(=O)OCC(=O)Nc2c(C)cccc2[N+](=O)[O-])cc(OC)c1OC. The summed E-state index contributed by atoms with van der Waals surface area (Å²) in [7, 11) is 4.41. The number of rotatable bonds is 9. The number of carbonyl (C=O) groups is 2. The standard InChI is InChI=1S/C21H22N2O8/c1-13-6-5-7-15(23(26)27)20(13)22-18(24)12-31-19(25)9-8-14-10-16(28-2)21(30-4)17(11-14)29-3/h5-11H,12H2,1-4H3,(H,22,24)/b9-8+. The summed E-state index contributed by atoms with van der Waals surface area (Å²) >= 11 is 0. The molecule has 10 nitrogen and oxygen atoms in total. The molecule has 2 aromatic rings. The van der Waals surface area contributed by atoms with Gasteiger partial charge in [0.1, 0.15) is 5.69 Å². The lowest BCUT2D eigenvalue weighted by molar-refractivity contribution is -0.384. The molecule has 0 atom stereocenters. The van der Waals surface area contributed by atoms with E-state index >= 15 is 0 Å². The molecule has 0 spiro atoms. The van der Waals surface area contributed by atoms with E-state index in [1.54, 1.807) is 25.1 Å². The number of hydrogen-bond donors (Lipinski definition) is 1. The van der Waals surface area contributed by atoms with E-state index in [-0.39, 0.29) is 11.4 Å². The largest absolute Gasteiger partial charge is 0.493 e. The molecule has 1 N–H and O–H groups in total. The van der Waals surface area contributed by atoms with Crippen LogP contribution in [0, 0.1) is 17.0 Å². The number of nitrogens with one attached hydrogen (secondary N) is 1. The smallest absolute Gasteiger partial charge is 0.331 e. The molecule has 0 radical (unpaired) electrons. The average Bonchev–Trinajstić information content (AvgIpc) is 2.76. The van der Waals surface area contributed by atoms with Crippen molar-refractivity contribution >= 4 is 29.3 Å². The van der Waals surface area contributed by atoms with Crippen LogP contribution in [0.2, 0.25) is 0 Å². The van der Waals surface area contributed by atoms with E-state index in [1.807, 2.05) is 0 Å². The maximum atomic E-state index is 12.1. The molecule has 2 rings (SSSR count). The Morgan fingerprint density at radius 3 is 2.29 bits per heavy atom. The van der Waals surface area contributed by atoms with Crippen LogP contribution in [-0.4, -0.2) is 44.7 Å². The van der Waals surface area contributed by atoms with Gasteiger partial charge in [-0.15, -0.1) is 0 Å². The number of hydrogen-bond acceptors (Lipinski definition) is 8. The maximum absolute atomic E-state index is 12.1. The highest BCUT2D eigenvalue weighted by atomic mass is 16.6. The molecule has 2 aromatic carbocycles. The Morgan fingerprint density at radius 2 is 1.74 bits per heavy atom. The van der Waals surface area contributed by atoms with Crippen molar-refractivity contribution in [1.82, 2.24) is 0 Å². The Bertz CT molecular complexity index is 991.